The molecule has 17 heavy (non-hydrogen) atoms. The minimum Gasteiger partial charge on any atom is -0.383 e. The van der Waals surface area contributed by atoms with E-state index in [1.54, 1.807) is 20.4 Å². The molecule has 0 aliphatic rings. The summed E-state index contributed by atoms with van der Waals surface area (Å²) in [6.07, 6.45) is 1.73. The van der Waals surface area contributed by atoms with Crippen LogP contribution in [0.25, 0.3) is 0 Å². The van der Waals surface area contributed by atoms with Gasteiger partial charge in [-0.3, -0.25) is 0 Å². The van der Waals surface area contributed by atoms with Gasteiger partial charge in [-0.15, -0.1) is 0 Å². The normalized spacial score (nSPS) is 10.6. The van der Waals surface area contributed by atoms with Crippen molar-refractivity contribution in [1.82, 2.24) is 14.9 Å². The predicted molar refractivity (Wildman–Crippen MR) is 69.4 cm³/mol. The number of hydrogen-bond donors (Lipinski definition) is 2. The van der Waals surface area contributed by atoms with Crippen molar-refractivity contribution in [3.05, 3.63) is 12.3 Å². The van der Waals surface area contributed by atoms with Gasteiger partial charge in [-0.25, -0.2) is 4.98 Å². The standard InChI is InChI=1S/C11H21N5O/c1-12-11-14-5-4-10(15-11)13-6-7-16(2)8-9-17-3/h4-5H,6-9H2,1-3H3,(H2,12,13,14,15). The van der Waals surface area contributed by atoms with Crippen LogP contribution < -0.4 is 10.6 Å². The van der Waals surface area contributed by atoms with Crippen LogP contribution in [0.2, 0.25) is 0 Å². The van der Waals surface area contributed by atoms with E-state index < -0.39 is 0 Å². The molecule has 0 aliphatic carbocycles. The van der Waals surface area contributed by atoms with E-state index in [1.165, 1.54) is 0 Å². The quantitative estimate of drug-likeness (QED) is 0.689. The zero-order valence-corrected chi connectivity index (χ0v) is 10.7. The van der Waals surface area contributed by atoms with Gasteiger partial charge in [-0.2, -0.15) is 4.98 Å². The van der Waals surface area contributed by atoms with Gasteiger partial charge in [0.15, 0.2) is 0 Å². The fourth-order valence-corrected chi connectivity index (χ4v) is 1.31. The van der Waals surface area contributed by atoms with E-state index in [0.717, 1.165) is 32.1 Å². The second-order valence-electron chi connectivity index (χ2n) is 3.74. The molecule has 0 amide bonds. The Kier molecular flexibility index (Phi) is 6.27. The average molecular weight is 239 g/mol. The molecule has 0 fully saturated rings. The van der Waals surface area contributed by atoms with Crippen LogP contribution >= 0.6 is 0 Å². The third-order valence-electron chi connectivity index (χ3n) is 2.36. The molecule has 1 aromatic rings. The molecule has 96 valence electrons. The van der Waals surface area contributed by atoms with Gasteiger partial charge in [0.2, 0.25) is 5.95 Å². The number of nitrogens with zero attached hydrogens (tertiary/aromatic N) is 3. The molecule has 6 nitrogen and oxygen atoms in total. The van der Waals surface area contributed by atoms with Gasteiger partial charge < -0.3 is 20.3 Å². The molecule has 1 rings (SSSR count). The lowest BCUT2D eigenvalue weighted by Gasteiger charge is -2.16. The summed E-state index contributed by atoms with van der Waals surface area (Å²) in [6, 6.07) is 1.86. The van der Waals surface area contributed by atoms with Crippen LogP contribution in [0.3, 0.4) is 0 Å². The molecule has 0 atom stereocenters. The van der Waals surface area contributed by atoms with Crippen molar-refractivity contribution in [1.29, 1.82) is 0 Å². The number of nitrogens with one attached hydrogen (secondary N) is 2. The molecular weight excluding hydrogens is 218 g/mol. The molecule has 0 aliphatic heterocycles. The summed E-state index contributed by atoms with van der Waals surface area (Å²) in [5.74, 6) is 1.47. The Bertz CT molecular complexity index is 320. The average Bonchev–Trinajstić information content (AvgIpc) is 2.36. The molecule has 0 radical (unpaired) electrons. The van der Waals surface area contributed by atoms with Gasteiger partial charge in [-0.1, -0.05) is 0 Å². The van der Waals surface area contributed by atoms with E-state index in [2.05, 4.69) is 32.5 Å². The topological polar surface area (TPSA) is 62.3 Å². The van der Waals surface area contributed by atoms with Crippen molar-refractivity contribution in [3.63, 3.8) is 0 Å². The molecule has 1 aromatic heterocycles. The fourth-order valence-electron chi connectivity index (χ4n) is 1.31. The number of methoxy groups -OCH3 is 1. The van der Waals surface area contributed by atoms with Crippen LogP contribution in [0.1, 0.15) is 0 Å². The van der Waals surface area contributed by atoms with Gasteiger partial charge in [-0.05, 0) is 13.1 Å². The van der Waals surface area contributed by atoms with Gasteiger partial charge in [0.1, 0.15) is 5.82 Å². The molecule has 0 aromatic carbocycles. The summed E-state index contributed by atoms with van der Waals surface area (Å²) in [5, 5.41) is 6.16. The first kappa shape index (κ1) is 13.7. The molecule has 0 unspecified atom stereocenters. The third kappa shape index (κ3) is 5.46. The van der Waals surface area contributed by atoms with Crippen LogP contribution in [0.5, 0.6) is 0 Å². The predicted octanol–water partition coefficient (Wildman–Crippen LogP) is 0.508. The van der Waals surface area contributed by atoms with Crippen molar-refractivity contribution in [3.8, 4) is 0 Å². The van der Waals surface area contributed by atoms with Crippen molar-refractivity contribution in [2.45, 2.75) is 0 Å². The van der Waals surface area contributed by atoms with Gasteiger partial charge in [0.25, 0.3) is 0 Å². The smallest absolute Gasteiger partial charge is 0.224 e. The summed E-state index contributed by atoms with van der Waals surface area (Å²) in [7, 11) is 5.59. The minimum absolute atomic E-state index is 0.628. The molecule has 0 bridgehead atoms. The SMILES string of the molecule is CNc1nccc(NCCN(C)CCOC)n1. The number of aromatic nitrogens is 2. The van der Waals surface area contributed by atoms with Crippen LogP contribution in [0.15, 0.2) is 12.3 Å². The molecule has 2 N–H and O–H groups in total. The van der Waals surface area contributed by atoms with Crippen molar-refractivity contribution >= 4 is 11.8 Å². The van der Waals surface area contributed by atoms with Crippen molar-refractivity contribution in [2.75, 3.05) is 58.1 Å². The number of likely N-dealkylation sites (N-methyl/N-ethyl adjacent to an activating group) is 1. The molecule has 6 heteroatoms. The summed E-state index contributed by atoms with van der Waals surface area (Å²) < 4.78 is 5.02. The maximum Gasteiger partial charge on any atom is 0.224 e. The first-order chi connectivity index (χ1) is 8.26. The first-order valence-corrected chi connectivity index (χ1v) is 5.68. The maximum atomic E-state index is 5.02. The molecule has 1 heterocycles. The molecule has 0 spiro atoms. The second-order valence-corrected chi connectivity index (χ2v) is 3.74. The Morgan fingerprint density at radius 3 is 2.94 bits per heavy atom. The van der Waals surface area contributed by atoms with E-state index in [9.17, 15) is 0 Å². The Balaban J connectivity index is 2.25. The Morgan fingerprint density at radius 1 is 1.41 bits per heavy atom. The molecule has 0 saturated carbocycles. The Hall–Kier alpha value is -1.40. The number of anilines is 2. The highest BCUT2D eigenvalue weighted by molar-refractivity contribution is 5.38. The minimum atomic E-state index is 0.628. The zero-order chi connectivity index (χ0) is 12.5. The number of rotatable bonds is 8. The largest absolute Gasteiger partial charge is 0.383 e. The first-order valence-electron chi connectivity index (χ1n) is 5.68. The summed E-state index contributed by atoms with van der Waals surface area (Å²) in [4.78, 5) is 10.5. The van der Waals surface area contributed by atoms with E-state index in [1.807, 2.05) is 6.07 Å². The lowest BCUT2D eigenvalue weighted by atomic mass is 10.5. The highest BCUT2D eigenvalue weighted by atomic mass is 16.5. The molecular formula is C11H21N5O. The summed E-state index contributed by atoms with van der Waals surface area (Å²) in [5.41, 5.74) is 0. The van der Waals surface area contributed by atoms with Crippen molar-refractivity contribution < 1.29 is 4.74 Å². The van der Waals surface area contributed by atoms with Crippen molar-refractivity contribution in [2.24, 2.45) is 0 Å². The van der Waals surface area contributed by atoms with E-state index in [4.69, 9.17) is 4.74 Å². The molecule has 0 saturated heterocycles. The Labute approximate surface area is 102 Å². The fraction of sp³-hybridized carbons (Fsp3) is 0.636. The zero-order valence-electron chi connectivity index (χ0n) is 10.7. The number of ether oxygens (including phenoxy) is 1. The lowest BCUT2D eigenvalue weighted by Crippen LogP contribution is -2.28. The van der Waals surface area contributed by atoms with Crippen LogP contribution in [0.4, 0.5) is 11.8 Å². The monoisotopic (exact) mass is 239 g/mol. The highest BCUT2D eigenvalue weighted by Gasteiger charge is 1.99. The second kappa shape index (κ2) is 7.81. The third-order valence-corrected chi connectivity index (χ3v) is 2.36. The summed E-state index contributed by atoms with van der Waals surface area (Å²) >= 11 is 0. The van der Waals surface area contributed by atoms with E-state index >= 15 is 0 Å². The van der Waals surface area contributed by atoms with Crippen LogP contribution in [0, 0.1) is 0 Å². The lowest BCUT2D eigenvalue weighted by molar-refractivity contribution is 0.163. The Morgan fingerprint density at radius 2 is 2.24 bits per heavy atom. The van der Waals surface area contributed by atoms with Crippen LogP contribution in [-0.2, 0) is 4.74 Å². The van der Waals surface area contributed by atoms with Gasteiger partial charge in [0, 0.05) is 40.0 Å². The van der Waals surface area contributed by atoms with Crippen LogP contribution in [-0.4, -0.2) is 62.3 Å². The summed E-state index contributed by atoms with van der Waals surface area (Å²) in [6.45, 7) is 3.49. The number of hydrogen-bond acceptors (Lipinski definition) is 6. The maximum absolute atomic E-state index is 5.02. The highest BCUT2D eigenvalue weighted by Crippen LogP contribution is 2.03. The van der Waals surface area contributed by atoms with E-state index in [0.29, 0.717) is 5.95 Å². The van der Waals surface area contributed by atoms with E-state index in [-0.39, 0.29) is 0 Å². The van der Waals surface area contributed by atoms with Gasteiger partial charge in [0.05, 0.1) is 6.61 Å². The van der Waals surface area contributed by atoms with Gasteiger partial charge >= 0.3 is 0 Å².